The number of piperidine rings is 1. The van der Waals surface area contributed by atoms with Crippen LogP contribution in [0.15, 0.2) is 42.5 Å². The Morgan fingerprint density at radius 2 is 1.73 bits per heavy atom. The van der Waals surface area contributed by atoms with Crippen LogP contribution in [0.4, 0.5) is 13.2 Å². The number of hydrogen-bond donors (Lipinski definition) is 1. The fourth-order valence-corrected chi connectivity index (χ4v) is 3.90. The summed E-state index contributed by atoms with van der Waals surface area (Å²) >= 11 is 5.92. The van der Waals surface area contributed by atoms with Crippen molar-refractivity contribution in [3.63, 3.8) is 0 Å². The monoisotopic (exact) mass is 441 g/mol. The third-order valence-electron chi connectivity index (χ3n) is 5.65. The van der Waals surface area contributed by atoms with Gasteiger partial charge in [0.05, 0.1) is 5.56 Å². The van der Waals surface area contributed by atoms with Crippen molar-refractivity contribution in [3.05, 3.63) is 58.6 Å². The summed E-state index contributed by atoms with van der Waals surface area (Å²) in [4.78, 5) is 2.40. The van der Waals surface area contributed by atoms with Crippen LogP contribution < -0.4 is 4.74 Å². The molecule has 30 heavy (non-hydrogen) atoms. The zero-order chi connectivity index (χ0) is 21.8. The van der Waals surface area contributed by atoms with E-state index in [4.69, 9.17) is 16.3 Å². The molecular weight excluding hydrogens is 415 g/mol. The van der Waals surface area contributed by atoms with Crippen molar-refractivity contribution in [1.29, 1.82) is 0 Å². The molecule has 164 valence electrons. The molecule has 0 unspecified atom stereocenters. The highest BCUT2D eigenvalue weighted by molar-refractivity contribution is 6.30. The van der Waals surface area contributed by atoms with Crippen LogP contribution in [0.3, 0.4) is 0 Å². The first kappa shape index (κ1) is 22.8. The number of nitrogens with zero attached hydrogens (tertiary/aromatic N) is 1. The predicted octanol–water partition coefficient (Wildman–Crippen LogP) is 6.32. The molecule has 1 aliphatic rings. The maximum absolute atomic E-state index is 12.7. The third kappa shape index (κ3) is 6.29. The van der Waals surface area contributed by atoms with Crippen molar-refractivity contribution < 1.29 is 23.0 Å². The normalized spacial score (nSPS) is 17.1. The summed E-state index contributed by atoms with van der Waals surface area (Å²) in [6, 6.07) is 11.1. The predicted molar refractivity (Wildman–Crippen MR) is 112 cm³/mol. The molecule has 1 heterocycles. The third-order valence-corrected chi connectivity index (χ3v) is 5.90. The highest BCUT2D eigenvalue weighted by atomic mass is 35.5. The van der Waals surface area contributed by atoms with Crippen LogP contribution in [0.25, 0.3) is 0 Å². The minimum Gasteiger partial charge on any atom is -0.507 e. The smallest absolute Gasteiger partial charge is 0.419 e. The van der Waals surface area contributed by atoms with E-state index in [-0.39, 0.29) is 5.60 Å². The molecule has 1 fully saturated rings. The molecule has 1 aliphatic heterocycles. The number of halogens is 4. The van der Waals surface area contributed by atoms with Crippen molar-refractivity contribution in [2.75, 3.05) is 19.6 Å². The summed E-state index contributed by atoms with van der Waals surface area (Å²) in [7, 11) is 0. The lowest BCUT2D eigenvalue weighted by molar-refractivity contribution is -0.138. The number of hydrogen-bond acceptors (Lipinski definition) is 3. The summed E-state index contributed by atoms with van der Waals surface area (Å²) in [5.74, 6) is 0.131. The van der Waals surface area contributed by atoms with Gasteiger partial charge in [-0.1, -0.05) is 17.7 Å². The van der Waals surface area contributed by atoms with Crippen LogP contribution in [0.5, 0.6) is 11.5 Å². The SMILES string of the molecule is CC1(Oc2ccc(Cl)cc2)CCN(CCCCc2ccc(C(F)(F)F)c(O)c2)CC1. The fraction of sp³-hybridized carbons (Fsp3) is 0.478. The average molecular weight is 442 g/mol. The maximum Gasteiger partial charge on any atom is 0.419 e. The Morgan fingerprint density at radius 1 is 1.07 bits per heavy atom. The molecule has 0 aromatic heterocycles. The quantitative estimate of drug-likeness (QED) is 0.510. The fourth-order valence-electron chi connectivity index (χ4n) is 3.78. The Morgan fingerprint density at radius 3 is 2.33 bits per heavy atom. The number of phenolic OH excluding ortho intramolecular Hbond substituents is 1. The van der Waals surface area contributed by atoms with Crippen molar-refractivity contribution >= 4 is 11.6 Å². The van der Waals surface area contributed by atoms with Crippen LogP contribution in [0.1, 0.15) is 43.7 Å². The Labute approximate surface area is 180 Å². The Balaban J connectivity index is 1.39. The number of alkyl halides is 3. The van der Waals surface area contributed by atoms with Gasteiger partial charge < -0.3 is 14.7 Å². The minimum absolute atomic E-state index is 0.192. The number of phenols is 1. The average Bonchev–Trinajstić information content (AvgIpc) is 2.67. The number of likely N-dealkylation sites (tertiary alicyclic amines) is 1. The summed E-state index contributed by atoms with van der Waals surface area (Å²) in [6.07, 6.45) is -0.194. The molecule has 0 bridgehead atoms. The Hall–Kier alpha value is -1.92. The minimum atomic E-state index is -4.53. The standard InChI is InChI=1S/C23H27ClF3NO2/c1-22(30-19-8-6-18(24)7-9-19)11-14-28(15-12-22)13-3-2-4-17-5-10-20(21(29)16-17)23(25,26)27/h5-10,16,29H,2-4,11-15H2,1H3. The van der Waals surface area contributed by atoms with E-state index in [2.05, 4.69) is 11.8 Å². The molecule has 1 saturated heterocycles. The van der Waals surface area contributed by atoms with Gasteiger partial charge >= 0.3 is 6.18 Å². The molecule has 0 aliphatic carbocycles. The van der Waals surface area contributed by atoms with E-state index in [1.807, 2.05) is 24.3 Å². The van der Waals surface area contributed by atoms with E-state index in [9.17, 15) is 18.3 Å². The number of ether oxygens (including phenoxy) is 1. The van der Waals surface area contributed by atoms with Gasteiger partial charge in [-0.25, -0.2) is 0 Å². The van der Waals surface area contributed by atoms with Crippen molar-refractivity contribution in [2.24, 2.45) is 0 Å². The molecule has 0 atom stereocenters. The van der Waals surface area contributed by atoms with Gasteiger partial charge in [-0.15, -0.1) is 0 Å². The second-order valence-corrected chi connectivity index (χ2v) is 8.59. The summed E-state index contributed by atoms with van der Waals surface area (Å²) < 4.78 is 44.3. The molecule has 7 heteroatoms. The molecule has 3 rings (SSSR count). The molecule has 3 nitrogen and oxygen atoms in total. The summed E-state index contributed by atoms with van der Waals surface area (Å²) in [5.41, 5.74) is -0.450. The van der Waals surface area contributed by atoms with Crippen molar-refractivity contribution in [3.8, 4) is 11.5 Å². The number of unbranched alkanes of at least 4 members (excludes halogenated alkanes) is 1. The summed E-state index contributed by atoms with van der Waals surface area (Å²) in [5, 5.41) is 10.3. The zero-order valence-electron chi connectivity index (χ0n) is 17.0. The first-order valence-electron chi connectivity index (χ1n) is 10.2. The van der Waals surface area contributed by atoms with Gasteiger partial charge in [0.25, 0.3) is 0 Å². The molecule has 0 spiro atoms. The second kappa shape index (κ2) is 9.48. The van der Waals surface area contributed by atoms with Gasteiger partial charge in [0.1, 0.15) is 17.1 Å². The van der Waals surface area contributed by atoms with Gasteiger partial charge in [-0.3, -0.25) is 0 Å². The van der Waals surface area contributed by atoms with Crippen LogP contribution in [-0.2, 0) is 12.6 Å². The lowest BCUT2D eigenvalue weighted by Gasteiger charge is -2.39. The van der Waals surface area contributed by atoms with Gasteiger partial charge in [0.2, 0.25) is 0 Å². The molecule has 0 radical (unpaired) electrons. The topological polar surface area (TPSA) is 32.7 Å². The summed E-state index contributed by atoms with van der Waals surface area (Å²) in [6.45, 7) is 4.98. The van der Waals surface area contributed by atoms with E-state index in [0.717, 1.165) is 62.7 Å². The molecule has 2 aromatic rings. The molecule has 0 amide bonds. The van der Waals surface area contributed by atoms with Gasteiger partial charge in [-0.05, 0) is 87.5 Å². The number of benzene rings is 2. The van der Waals surface area contributed by atoms with Crippen LogP contribution in [0, 0.1) is 0 Å². The van der Waals surface area contributed by atoms with Crippen LogP contribution in [0.2, 0.25) is 5.02 Å². The maximum atomic E-state index is 12.7. The Kier molecular flexibility index (Phi) is 7.19. The lowest BCUT2D eigenvalue weighted by Crippen LogP contribution is -2.46. The first-order chi connectivity index (χ1) is 14.1. The number of aryl methyl sites for hydroxylation is 1. The molecule has 1 N–H and O–H groups in total. The molecule has 2 aromatic carbocycles. The molecular formula is C23H27ClF3NO2. The van der Waals surface area contributed by atoms with E-state index < -0.39 is 17.5 Å². The van der Waals surface area contributed by atoms with Crippen LogP contribution in [-0.4, -0.2) is 35.2 Å². The molecule has 0 saturated carbocycles. The van der Waals surface area contributed by atoms with Crippen molar-refractivity contribution in [1.82, 2.24) is 4.90 Å². The van der Waals surface area contributed by atoms with Gasteiger partial charge in [-0.2, -0.15) is 13.2 Å². The largest absolute Gasteiger partial charge is 0.507 e. The van der Waals surface area contributed by atoms with E-state index in [1.54, 1.807) is 0 Å². The number of rotatable bonds is 7. The van der Waals surface area contributed by atoms with Crippen LogP contribution >= 0.6 is 11.6 Å². The van der Waals surface area contributed by atoms with E-state index in [0.29, 0.717) is 11.4 Å². The first-order valence-corrected chi connectivity index (χ1v) is 10.6. The van der Waals surface area contributed by atoms with Gasteiger partial charge in [0, 0.05) is 18.1 Å². The Bertz CT molecular complexity index is 831. The van der Waals surface area contributed by atoms with E-state index in [1.165, 1.54) is 12.1 Å². The highest BCUT2D eigenvalue weighted by Crippen LogP contribution is 2.36. The lowest BCUT2D eigenvalue weighted by atomic mass is 9.93. The van der Waals surface area contributed by atoms with E-state index >= 15 is 0 Å². The number of aromatic hydroxyl groups is 1. The second-order valence-electron chi connectivity index (χ2n) is 8.15. The highest BCUT2D eigenvalue weighted by Gasteiger charge is 2.34. The van der Waals surface area contributed by atoms with Crippen molar-refractivity contribution in [2.45, 2.75) is 50.8 Å². The van der Waals surface area contributed by atoms with Gasteiger partial charge in [0.15, 0.2) is 0 Å². The zero-order valence-corrected chi connectivity index (χ0v) is 17.8.